The van der Waals surface area contributed by atoms with Crippen molar-refractivity contribution in [3.8, 4) is 11.3 Å². The topological polar surface area (TPSA) is 28.7 Å². The van der Waals surface area contributed by atoms with Gasteiger partial charge in [0.1, 0.15) is 16.3 Å². The molecule has 0 unspecified atom stereocenters. The number of halogens is 2. The smallest absolute Gasteiger partial charge is 0.146 e. The summed E-state index contributed by atoms with van der Waals surface area (Å²) >= 11 is 8.52. The first-order valence-corrected chi connectivity index (χ1v) is 7.47. The maximum absolute atomic E-state index is 14.3. The number of nitrogens with one attached hydrogen (secondary N) is 1. The van der Waals surface area contributed by atoms with Crippen LogP contribution in [-0.4, -0.2) is 9.97 Å². The summed E-state index contributed by atoms with van der Waals surface area (Å²) < 4.78 is 15.2. The molecule has 0 aliphatic heterocycles. The van der Waals surface area contributed by atoms with Gasteiger partial charge in [0.15, 0.2) is 0 Å². The molecule has 0 fully saturated rings. The van der Waals surface area contributed by atoms with Gasteiger partial charge in [-0.1, -0.05) is 39.1 Å². The maximum Gasteiger partial charge on any atom is 0.146 e. The molecule has 2 rings (SSSR count). The first-order valence-electron chi connectivity index (χ1n) is 6.27. The van der Waals surface area contributed by atoms with Gasteiger partial charge in [-0.3, -0.25) is 0 Å². The number of rotatable bonds is 1. The molecule has 0 atom stereocenters. The van der Waals surface area contributed by atoms with Gasteiger partial charge in [0, 0.05) is 16.5 Å². The van der Waals surface area contributed by atoms with Gasteiger partial charge in [0.2, 0.25) is 0 Å². The van der Waals surface area contributed by atoms with Crippen molar-refractivity contribution < 1.29 is 4.39 Å². The molecular formula is C15H16BrFN2S. The largest absolute Gasteiger partial charge is 0.342 e. The summed E-state index contributed by atoms with van der Waals surface area (Å²) in [6, 6.07) is 5.21. The van der Waals surface area contributed by atoms with Gasteiger partial charge in [-0.05, 0) is 35.0 Å². The van der Waals surface area contributed by atoms with Crippen LogP contribution in [0.2, 0.25) is 0 Å². The molecule has 0 spiro atoms. The summed E-state index contributed by atoms with van der Waals surface area (Å²) in [5.41, 5.74) is 1.79. The van der Waals surface area contributed by atoms with Crippen LogP contribution in [0.5, 0.6) is 0 Å². The van der Waals surface area contributed by atoms with Crippen molar-refractivity contribution in [1.29, 1.82) is 0 Å². The minimum Gasteiger partial charge on any atom is -0.342 e. The Balaban J connectivity index is 2.77. The second-order valence-corrected chi connectivity index (χ2v) is 6.98. The predicted molar refractivity (Wildman–Crippen MR) is 86.0 cm³/mol. The minimum absolute atomic E-state index is 0.182. The zero-order valence-corrected chi connectivity index (χ0v) is 14.2. The fourth-order valence-electron chi connectivity index (χ4n) is 1.85. The molecule has 0 saturated heterocycles. The predicted octanol–water partition coefficient (Wildman–Crippen LogP) is 5.31. The van der Waals surface area contributed by atoms with Gasteiger partial charge in [-0.25, -0.2) is 9.37 Å². The van der Waals surface area contributed by atoms with Crippen LogP contribution in [-0.2, 0) is 5.41 Å². The van der Waals surface area contributed by atoms with Gasteiger partial charge < -0.3 is 4.98 Å². The van der Waals surface area contributed by atoms with Gasteiger partial charge >= 0.3 is 0 Å². The van der Waals surface area contributed by atoms with Gasteiger partial charge in [-0.2, -0.15) is 0 Å². The van der Waals surface area contributed by atoms with E-state index in [4.69, 9.17) is 12.2 Å². The van der Waals surface area contributed by atoms with Crippen molar-refractivity contribution >= 4 is 28.1 Å². The summed E-state index contributed by atoms with van der Waals surface area (Å²) in [7, 11) is 0. The lowest BCUT2D eigenvalue weighted by molar-refractivity contribution is 0.543. The Hall–Kier alpha value is -1.07. The number of hydrogen-bond donors (Lipinski definition) is 1. The molecule has 1 aromatic carbocycles. The molecule has 20 heavy (non-hydrogen) atoms. The van der Waals surface area contributed by atoms with Gasteiger partial charge in [0.25, 0.3) is 0 Å². The highest BCUT2D eigenvalue weighted by molar-refractivity contribution is 9.10. The van der Waals surface area contributed by atoms with E-state index in [0.717, 1.165) is 11.4 Å². The van der Waals surface area contributed by atoms with Crippen molar-refractivity contribution in [3.63, 3.8) is 0 Å². The van der Waals surface area contributed by atoms with E-state index in [9.17, 15) is 4.39 Å². The van der Waals surface area contributed by atoms with Crippen molar-refractivity contribution in [2.75, 3.05) is 0 Å². The Labute approximate surface area is 131 Å². The van der Waals surface area contributed by atoms with Gasteiger partial charge in [-0.15, -0.1) is 0 Å². The Kier molecular flexibility index (Phi) is 4.12. The van der Waals surface area contributed by atoms with Crippen molar-refractivity contribution in [3.05, 3.63) is 44.5 Å². The number of hydrogen-bond acceptors (Lipinski definition) is 2. The van der Waals surface area contributed by atoms with Crippen LogP contribution in [0.4, 0.5) is 4.39 Å². The molecule has 5 heteroatoms. The summed E-state index contributed by atoms with van der Waals surface area (Å²) in [4.78, 5) is 7.65. The highest BCUT2D eigenvalue weighted by Crippen LogP contribution is 2.30. The fraction of sp³-hybridized carbons (Fsp3) is 0.333. The third-order valence-corrected chi connectivity index (χ3v) is 4.09. The number of benzene rings is 1. The standard InChI is InChI=1S/C15H16BrFN2S/c1-8-12(9-6-5-7-10(16)11(9)17)18-14(15(2,3)4)19-13(8)20/h5-7H,1-4H3,(H,18,19,20). The van der Waals surface area contributed by atoms with Crippen molar-refractivity contribution in [2.24, 2.45) is 0 Å². The maximum atomic E-state index is 14.3. The molecule has 1 heterocycles. The van der Waals surface area contributed by atoms with Crippen LogP contribution in [0.25, 0.3) is 11.3 Å². The Morgan fingerprint density at radius 1 is 1.30 bits per heavy atom. The van der Waals surface area contributed by atoms with Crippen molar-refractivity contribution in [2.45, 2.75) is 33.1 Å². The van der Waals surface area contributed by atoms with E-state index >= 15 is 0 Å². The van der Waals surface area contributed by atoms with E-state index < -0.39 is 0 Å². The van der Waals surface area contributed by atoms with Crippen LogP contribution in [0, 0.1) is 17.4 Å². The van der Waals surface area contributed by atoms with Crippen LogP contribution >= 0.6 is 28.1 Å². The van der Waals surface area contributed by atoms with E-state index in [1.54, 1.807) is 18.2 Å². The fourth-order valence-corrected chi connectivity index (χ4v) is 2.41. The second-order valence-electron chi connectivity index (χ2n) is 5.74. The SMILES string of the molecule is Cc1c(-c2cccc(Br)c2F)[nH]c(C(C)(C)C)nc1=S. The quantitative estimate of drug-likeness (QED) is 0.702. The average Bonchev–Trinajstić information content (AvgIpc) is 2.35. The zero-order valence-electron chi connectivity index (χ0n) is 11.8. The molecule has 0 radical (unpaired) electrons. The summed E-state index contributed by atoms with van der Waals surface area (Å²) in [5, 5.41) is 0. The lowest BCUT2D eigenvalue weighted by Crippen LogP contribution is -2.17. The molecule has 0 aliphatic carbocycles. The zero-order chi connectivity index (χ0) is 15.1. The molecule has 2 nitrogen and oxygen atoms in total. The molecule has 2 aromatic rings. The molecule has 0 amide bonds. The monoisotopic (exact) mass is 354 g/mol. The number of nitrogens with zero attached hydrogens (tertiary/aromatic N) is 1. The Bertz CT molecular complexity index is 717. The lowest BCUT2D eigenvalue weighted by atomic mass is 9.95. The van der Waals surface area contributed by atoms with E-state index in [1.165, 1.54) is 0 Å². The first-order chi connectivity index (χ1) is 9.21. The molecule has 1 aromatic heterocycles. The highest BCUT2D eigenvalue weighted by atomic mass is 79.9. The third-order valence-electron chi connectivity index (χ3n) is 3.08. The van der Waals surface area contributed by atoms with E-state index in [-0.39, 0.29) is 11.2 Å². The van der Waals surface area contributed by atoms with E-state index in [1.807, 2.05) is 27.7 Å². The number of aromatic nitrogens is 2. The summed E-state index contributed by atoms with van der Waals surface area (Å²) in [5.74, 6) is 0.454. The van der Waals surface area contributed by atoms with E-state index in [0.29, 0.717) is 20.4 Å². The molecular weight excluding hydrogens is 339 g/mol. The average molecular weight is 355 g/mol. The lowest BCUT2D eigenvalue weighted by Gasteiger charge is -2.20. The third kappa shape index (κ3) is 2.83. The molecule has 0 aliphatic rings. The highest BCUT2D eigenvalue weighted by Gasteiger charge is 2.20. The second kappa shape index (κ2) is 5.37. The van der Waals surface area contributed by atoms with Crippen LogP contribution < -0.4 is 0 Å². The van der Waals surface area contributed by atoms with Crippen molar-refractivity contribution in [1.82, 2.24) is 9.97 Å². The van der Waals surface area contributed by atoms with E-state index in [2.05, 4.69) is 25.9 Å². The summed E-state index contributed by atoms with van der Waals surface area (Å²) in [6.07, 6.45) is 0. The first kappa shape index (κ1) is 15.3. The normalized spacial score (nSPS) is 11.7. The van der Waals surface area contributed by atoms with Crippen LogP contribution in [0.15, 0.2) is 22.7 Å². The molecule has 0 bridgehead atoms. The molecule has 106 valence electrons. The van der Waals surface area contributed by atoms with Crippen LogP contribution in [0.3, 0.4) is 0 Å². The Morgan fingerprint density at radius 3 is 2.55 bits per heavy atom. The van der Waals surface area contributed by atoms with Crippen LogP contribution in [0.1, 0.15) is 32.2 Å². The number of aromatic amines is 1. The number of H-pyrrole nitrogens is 1. The summed E-state index contributed by atoms with van der Waals surface area (Å²) in [6.45, 7) is 7.97. The molecule has 1 N–H and O–H groups in total. The van der Waals surface area contributed by atoms with Gasteiger partial charge in [0.05, 0.1) is 10.2 Å². The minimum atomic E-state index is -0.299. The Morgan fingerprint density at radius 2 is 1.95 bits per heavy atom. The molecule has 0 saturated carbocycles.